The van der Waals surface area contributed by atoms with Crippen LogP contribution in [0.15, 0.2) is 41.8 Å². The molecule has 1 N–H and O–H groups in total. The van der Waals surface area contributed by atoms with Crippen molar-refractivity contribution in [2.24, 2.45) is 0 Å². The first-order valence-electron chi connectivity index (χ1n) is 7.00. The van der Waals surface area contributed by atoms with Crippen LogP contribution in [0.3, 0.4) is 0 Å². The molecule has 3 nitrogen and oxygen atoms in total. The van der Waals surface area contributed by atoms with E-state index in [2.05, 4.69) is 59.4 Å². The van der Waals surface area contributed by atoms with Gasteiger partial charge in [-0.2, -0.15) is 0 Å². The van der Waals surface area contributed by atoms with Crippen molar-refractivity contribution in [3.63, 3.8) is 0 Å². The van der Waals surface area contributed by atoms with Crippen LogP contribution in [0.4, 0.5) is 0 Å². The molecule has 2 aromatic heterocycles. The number of imidazole rings is 1. The highest BCUT2D eigenvalue weighted by molar-refractivity contribution is 7.09. The largest absolute Gasteiger partial charge is 0.327 e. The van der Waals surface area contributed by atoms with Gasteiger partial charge in [0.25, 0.3) is 0 Å². The monoisotopic (exact) mass is 285 g/mol. The molecule has 0 saturated heterocycles. The molecule has 0 fully saturated rings. The second-order valence-electron chi connectivity index (χ2n) is 4.88. The Morgan fingerprint density at radius 2 is 2.10 bits per heavy atom. The van der Waals surface area contributed by atoms with Crippen LogP contribution in [-0.4, -0.2) is 9.55 Å². The first-order valence-corrected chi connectivity index (χ1v) is 7.88. The summed E-state index contributed by atoms with van der Waals surface area (Å²) in [5, 5.41) is 5.68. The minimum Gasteiger partial charge on any atom is -0.327 e. The van der Waals surface area contributed by atoms with Gasteiger partial charge in [-0.05, 0) is 37.4 Å². The lowest BCUT2D eigenvalue weighted by Crippen LogP contribution is -2.21. The zero-order valence-electron chi connectivity index (χ0n) is 11.8. The van der Waals surface area contributed by atoms with E-state index in [4.69, 9.17) is 4.98 Å². The molecule has 1 unspecified atom stereocenters. The molecule has 1 aromatic carbocycles. The van der Waals surface area contributed by atoms with Gasteiger partial charge in [0.1, 0.15) is 5.82 Å². The van der Waals surface area contributed by atoms with Crippen molar-refractivity contribution in [2.75, 3.05) is 0 Å². The lowest BCUT2D eigenvalue weighted by atomic mass is 10.3. The maximum absolute atomic E-state index is 4.79. The molecule has 0 amide bonds. The predicted molar refractivity (Wildman–Crippen MR) is 85.0 cm³/mol. The van der Waals surface area contributed by atoms with Gasteiger partial charge in [-0.1, -0.05) is 18.2 Å². The molecule has 4 heteroatoms. The van der Waals surface area contributed by atoms with Gasteiger partial charge in [-0.25, -0.2) is 4.98 Å². The van der Waals surface area contributed by atoms with Gasteiger partial charge in [0.2, 0.25) is 0 Å². The number of aromatic nitrogens is 2. The molecule has 0 saturated carbocycles. The van der Waals surface area contributed by atoms with Crippen LogP contribution in [0, 0.1) is 0 Å². The van der Waals surface area contributed by atoms with E-state index in [-0.39, 0.29) is 6.04 Å². The molecule has 2 heterocycles. The maximum Gasteiger partial charge on any atom is 0.126 e. The van der Waals surface area contributed by atoms with Crippen molar-refractivity contribution >= 4 is 22.4 Å². The highest BCUT2D eigenvalue weighted by Crippen LogP contribution is 2.21. The number of aryl methyl sites for hydroxylation is 1. The van der Waals surface area contributed by atoms with Crippen molar-refractivity contribution in [3.05, 3.63) is 52.5 Å². The van der Waals surface area contributed by atoms with Crippen LogP contribution in [0.2, 0.25) is 0 Å². The molecular weight excluding hydrogens is 266 g/mol. The summed E-state index contributed by atoms with van der Waals surface area (Å²) in [5.41, 5.74) is 2.30. The number of fused-ring (bicyclic) bond motifs is 1. The molecular formula is C16H19N3S. The SMILES string of the molecule is CCn1c(C(C)NCc2cccs2)nc2ccccc21. The van der Waals surface area contributed by atoms with Crippen LogP contribution in [0.25, 0.3) is 11.0 Å². The fourth-order valence-electron chi connectivity index (χ4n) is 2.52. The Balaban J connectivity index is 1.85. The molecule has 3 rings (SSSR count). The zero-order valence-corrected chi connectivity index (χ0v) is 12.7. The summed E-state index contributed by atoms with van der Waals surface area (Å²) >= 11 is 1.79. The Hall–Kier alpha value is -1.65. The third-order valence-electron chi connectivity index (χ3n) is 3.55. The quantitative estimate of drug-likeness (QED) is 0.768. The normalized spacial score (nSPS) is 12.9. The van der Waals surface area contributed by atoms with E-state index in [9.17, 15) is 0 Å². The third kappa shape index (κ3) is 2.49. The fourth-order valence-corrected chi connectivity index (χ4v) is 3.17. The first-order chi connectivity index (χ1) is 9.79. The number of benzene rings is 1. The van der Waals surface area contributed by atoms with Gasteiger partial charge >= 0.3 is 0 Å². The Morgan fingerprint density at radius 3 is 2.85 bits per heavy atom. The van der Waals surface area contributed by atoms with Crippen molar-refractivity contribution in [1.29, 1.82) is 0 Å². The lowest BCUT2D eigenvalue weighted by Gasteiger charge is -2.14. The number of hydrogen-bond acceptors (Lipinski definition) is 3. The molecule has 0 aliphatic carbocycles. The molecule has 0 bridgehead atoms. The molecule has 104 valence electrons. The number of hydrogen-bond donors (Lipinski definition) is 1. The molecule has 0 aliphatic rings. The van der Waals surface area contributed by atoms with Crippen LogP contribution >= 0.6 is 11.3 Å². The zero-order chi connectivity index (χ0) is 13.9. The molecule has 0 spiro atoms. The summed E-state index contributed by atoms with van der Waals surface area (Å²) in [6.07, 6.45) is 0. The summed E-state index contributed by atoms with van der Waals surface area (Å²) < 4.78 is 2.29. The summed E-state index contributed by atoms with van der Waals surface area (Å²) in [7, 11) is 0. The standard InChI is InChI=1S/C16H19N3S/c1-3-19-15-9-5-4-8-14(15)18-16(19)12(2)17-11-13-7-6-10-20-13/h4-10,12,17H,3,11H2,1-2H3. The summed E-state index contributed by atoms with van der Waals surface area (Å²) in [6.45, 7) is 6.19. The topological polar surface area (TPSA) is 29.9 Å². The van der Waals surface area contributed by atoms with E-state index in [1.54, 1.807) is 11.3 Å². The fraction of sp³-hybridized carbons (Fsp3) is 0.312. The first kappa shape index (κ1) is 13.3. The Morgan fingerprint density at radius 1 is 1.25 bits per heavy atom. The molecule has 3 aromatic rings. The van der Waals surface area contributed by atoms with Gasteiger partial charge in [0.05, 0.1) is 17.1 Å². The number of para-hydroxylation sites is 2. The van der Waals surface area contributed by atoms with Gasteiger partial charge < -0.3 is 9.88 Å². The van der Waals surface area contributed by atoms with Crippen LogP contribution in [0.1, 0.15) is 30.6 Å². The highest BCUT2D eigenvalue weighted by atomic mass is 32.1. The maximum atomic E-state index is 4.79. The Bertz CT molecular complexity index is 685. The molecule has 0 aliphatic heterocycles. The Kier molecular flexibility index (Phi) is 3.85. The van der Waals surface area contributed by atoms with E-state index in [0.717, 1.165) is 24.4 Å². The average molecular weight is 285 g/mol. The van der Waals surface area contributed by atoms with E-state index in [1.165, 1.54) is 10.4 Å². The van der Waals surface area contributed by atoms with E-state index < -0.39 is 0 Å². The van der Waals surface area contributed by atoms with Gasteiger partial charge in [0, 0.05) is 18.0 Å². The number of nitrogens with one attached hydrogen (secondary N) is 1. The van der Waals surface area contributed by atoms with Gasteiger partial charge in [-0.15, -0.1) is 11.3 Å². The minimum absolute atomic E-state index is 0.240. The summed E-state index contributed by atoms with van der Waals surface area (Å²) in [6, 6.07) is 12.8. The second-order valence-corrected chi connectivity index (χ2v) is 5.92. The van der Waals surface area contributed by atoms with E-state index >= 15 is 0 Å². The molecule has 20 heavy (non-hydrogen) atoms. The minimum atomic E-state index is 0.240. The highest BCUT2D eigenvalue weighted by Gasteiger charge is 2.15. The molecule has 0 radical (unpaired) electrons. The van der Waals surface area contributed by atoms with Crippen molar-refractivity contribution < 1.29 is 0 Å². The van der Waals surface area contributed by atoms with Crippen molar-refractivity contribution in [3.8, 4) is 0 Å². The summed E-state index contributed by atoms with van der Waals surface area (Å²) in [5.74, 6) is 1.12. The van der Waals surface area contributed by atoms with E-state index in [1.807, 2.05) is 6.07 Å². The van der Waals surface area contributed by atoms with Crippen LogP contribution in [0.5, 0.6) is 0 Å². The van der Waals surface area contributed by atoms with Gasteiger partial charge in [0.15, 0.2) is 0 Å². The number of thiophene rings is 1. The number of nitrogens with zero attached hydrogens (tertiary/aromatic N) is 2. The van der Waals surface area contributed by atoms with Crippen molar-refractivity contribution in [1.82, 2.24) is 14.9 Å². The van der Waals surface area contributed by atoms with Gasteiger partial charge in [-0.3, -0.25) is 0 Å². The number of rotatable bonds is 5. The predicted octanol–water partition coefficient (Wildman–Crippen LogP) is 3.97. The average Bonchev–Trinajstić information content (AvgIpc) is 3.11. The lowest BCUT2D eigenvalue weighted by molar-refractivity contribution is 0.524. The Labute approximate surface area is 123 Å². The van der Waals surface area contributed by atoms with Crippen LogP contribution in [-0.2, 0) is 13.1 Å². The molecule has 1 atom stereocenters. The summed E-state index contributed by atoms with van der Waals surface area (Å²) in [4.78, 5) is 6.14. The van der Waals surface area contributed by atoms with E-state index in [0.29, 0.717) is 0 Å². The van der Waals surface area contributed by atoms with Crippen molar-refractivity contribution in [2.45, 2.75) is 33.0 Å². The third-order valence-corrected chi connectivity index (χ3v) is 4.43. The second kappa shape index (κ2) is 5.77. The smallest absolute Gasteiger partial charge is 0.126 e. The van der Waals surface area contributed by atoms with Crippen LogP contribution < -0.4 is 5.32 Å².